The van der Waals surface area contributed by atoms with E-state index >= 15 is 0 Å². The van der Waals surface area contributed by atoms with Crippen molar-refractivity contribution in [1.82, 2.24) is 5.32 Å². The Bertz CT molecular complexity index is 1090. The highest BCUT2D eigenvalue weighted by Gasteiger charge is 2.58. The number of ketones is 1. The van der Waals surface area contributed by atoms with Gasteiger partial charge in [-0.1, -0.05) is 35.9 Å². The average Bonchev–Trinajstić information content (AvgIpc) is 3.24. The van der Waals surface area contributed by atoms with Gasteiger partial charge in [-0.25, -0.2) is 0 Å². The number of amides is 1. The van der Waals surface area contributed by atoms with Crippen LogP contribution in [0.25, 0.3) is 11.1 Å². The molecule has 1 aliphatic carbocycles. The number of aryl methyl sites for hydroxylation is 1. The Morgan fingerprint density at radius 1 is 1.00 bits per heavy atom. The van der Waals surface area contributed by atoms with Gasteiger partial charge >= 0.3 is 0 Å². The smallest absolute Gasteiger partial charge is 0.235 e. The molecule has 3 fully saturated rings. The van der Waals surface area contributed by atoms with E-state index < -0.39 is 17.2 Å². The maximum Gasteiger partial charge on any atom is 0.235 e. The molecule has 3 aliphatic rings. The Hall–Kier alpha value is -2.21. The second kappa shape index (κ2) is 7.68. The van der Waals surface area contributed by atoms with Crippen LogP contribution in [0.2, 0.25) is 5.02 Å². The summed E-state index contributed by atoms with van der Waals surface area (Å²) in [5.41, 5.74) is 3.92. The number of halogens is 1. The van der Waals surface area contributed by atoms with Gasteiger partial charge in [0.25, 0.3) is 0 Å². The van der Waals surface area contributed by atoms with E-state index in [2.05, 4.69) is 5.32 Å². The zero-order valence-electron chi connectivity index (χ0n) is 18.7. The number of hydrogen-bond donors (Lipinski definition) is 1. The van der Waals surface area contributed by atoms with Gasteiger partial charge in [-0.15, -0.1) is 0 Å². The number of hydrogen-bond acceptors (Lipinski definition) is 4. The molecule has 2 unspecified atom stereocenters. The quantitative estimate of drug-likeness (QED) is 0.660. The minimum atomic E-state index is -0.833. The number of carbonyl (C=O) groups excluding carboxylic acids is 2. The normalized spacial score (nSPS) is 32.1. The first-order chi connectivity index (χ1) is 15.2. The fraction of sp³-hybridized carbons (Fsp3) is 0.462. The van der Waals surface area contributed by atoms with Crippen molar-refractivity contribution >= 4 is 23.3 Å². The first-order valence-electron chi connectivity index (χ1n) is 11.3. The number of benzene rings is 2. The van der Waals surface area contributed by atoms with Crippen molar-refractivity contribution in [2.75, 3.05) is 6.61 Å². The van der Waals surface area contributed by atoms with E-state index in [9.17, 15) is 9.59 Å². The molecule has 5 rings (SSSR count). The van der Waals surface area contributed by atoms with Crippen LogP contribution in [-0.4, -0.2) is 35.7 Å². The molecule has 2 aromatic rings. The number of Topliss-reactive ketones (excluding diaryl/α,β-unsaturated/α-hetero) is 1. The van der Waals surface area contributed by atoms with Gasteiger partial charge in [-0.05, 0) is 73.6 Å². The predicted molar refractivity (Wildman–Crippen MR) is 123 cm³/mol. The Balaban J connectivity index is 1.47. The maximum absolute atomic E-state index is 13.8. The fourth-order valence-electron chi connectivity index (χ4n) is 5.67. The van der Waals surface area contributed by atoms with Crippen LogP contribution in [0.3, 0.4) is 0 Å². The summed E-state index contributed by atoms with van der Waals surface area (Å²) in [6.07, 6.45) is 2.36. The van der Waals surface area contributed by atoms with Gasteiger partial charge in [0.1, 0.15) is 11.5 Å². The van der Waals surface area contributed by atoms with Crippen LogP contribution in [0.1, 0.15) is 55.2 Å². The molecular formula is C26H28ClNO4. The van der Waals surface area contributed by atoms with Crippen molar-refractivity contribution in [1.29, 1.82) is 0 Å². The van der Waals surface area contributed by atoms with Crippen molar-refractivity contribution < 1.29 is 19.1 Å². The van der Waals surface area contributed by atoms with Crippen LogP contribution in [-0.2, 0) is 19.1 Å². The van der Waals surface area contributed by atoms with Gasteiger partial charge < -0.3 is 14.8 Å². The van der Waals surface area contributed by atoms with Crippen LogP contribution in [0, 0.1) is 13.8 Å². The molecule has 2 heterocycles. The minimum absolute atomic E-state index is 0.0251. The molecule has 32 heavy (non-hydrogen) atoms. The zero-order chi connectivity index (χ0) is 22.7. The monoisotopic (exact) mass is 453 g/mol. The lowest BCUT2D eigenvalue weighted by atomic mass is 9.73. The van der Waals surface area contributed by atoms with Crippen molar-refractivity contribution in [2.24, 2.45) is 0 Å². The van der Waals surface area contributed by atoms with Crippen molar-refractivity contribution in [3.8, 4) is 11.1 Å². The molecule has 2 aliphatic heterocycles. The predicted octanol–water partition coefficient (Wildman–Crippen LogP) is 4.85. The molecule has 1 saturated carbocycles. The Kier molecular flexibility index (Phi) is 5.19. The molecule has 0 aromatic heterocycles. The van der Waals surface area contributed by atoms with Crippen molar-refractivity contribution in [2.45, 2.75) is 69.8 Å². The van der Waals surface area contributed by atoms with Gasteiger partial charge in [0.15, 0.2) is 11.6 Å². The summed E-state index contributed by atoms with van der Waals surface area (Å²) in [5.74, 6) is -1.62. The summed E-state index contributed by atoms with van der Waals surface area (Å²) in [5, 5.41) is 3.76. The molecule has 5 nitrogen and oxygen atoms in total. The summed E-state index contributed by atoms with van der Waals surface area (Å²) in [4.78, 5) is 27.0. The first-order valence-corrected chi connectivity index (χ1v) is 11.7. The largest absolute Gasteiger partial charge is 0.347 e. The summed E-state index contributed by atoms with van der Waals surface area (Å²) < 4.78 is 11.9. The van der Waals surface area contributed by atoms with Gasteiger partial charge in [0, 0.05) is 17.9 Å². The molecular weight excluding hydrogens is 426 g/mol. The van der Waals surface area contributed by atoms with Crippen molar-refractivity contribution in [3.63, 3.8) is 0 Å². The lowest BCUT2D eigenvalue weighted by Gasteiger charge is -2.40. The standard InChI is InChI=1S/C26H28ClNO4/c1-15-4-9-20(18-5-7-19(27)8-6-18)17(3)21(15)22-23(29)25(28-24(22)30)10-12-26(13-11-25)31-14-16(2)32-26/h4-9,16,22H,10-14H2,1-3H3,(H,28,30). The number of ether oxygens (including phenoxy) is 2. The van der Waals surface area contributed by atoms with E-state index in [-0.39, 0.29) is 17.8 Å². The van der Waals surface area contributed by atoms with E-state index in [1.165, 1.54) is 0 Å². The zero-order valence-corrected chi connectivity index (χ0v) is 19.4. The topological polar surface area (TPSA) is 64.6 Å². The van der Waals surface area contributed by atoms with E-state index in [0.717, 1.165) is 27.8 Å². The molecule has 2 saturated heterocycles. The van der Waals surface area contributed by atoms with E-state index in [0.29, 0.717) is 37.3 Å². The summed E-state index contributed by atoms with van der Waals surface area (Å²) >= 11 is 6.06. The van der Waals surface area contributed by atoms with E-state index in [1.807, 2.05) is 57.2 Å². The molecule has 168 valence electrons. The van der Waals surface area contributed by atoms with Crippen molar-refractivity contribution in [3.05, 3.63) is 58.1 Å². The summed E-state index contributed by atoms with van der Waals surface area (Å²) in [7, 11) is 0. The van der Waals surface area contributed by atoms with Gasteiger partial charge in [0.2, 0.25) is 5.91 Å². The van der Waals surface area contributed by atoms with Crippen LogP contribution in [0.15, 0.2) is 36.4 Å². The Labute approximate surface area is 193 Å². The third kappa shape index (κ3) is 3.38. The summed E-state index contributed by atoms with van der Waals surface area (Å²) in [6, 6.07) is 11.7. The molecule has 2 aromatic carbocycles. The average molecular weight is 454 g/mol. The number of rotatable bonds is 2. The number of carbonyl (C=O) groups is 2. The van der Waals surface area contributed by atoms with Crippen LogP contribution >= 0.6 is 11.6 Å². The second-order valence-electron chi connectivity index (χ2n) is 9.49. The third-order valence-corrected chi connectivity index (χ3v) is 7.65. The number of nitrogens with one attached hydrogen (secondary N) is 1. The fourth-order valence-corrected chi connectivity index (χ4v) is 5.80. The van der Waals surface area contributed by atoms with Crippen LogP contribution < -0.4 is 5.32 Å². The second-order valence-corrected chi connectivity index (χ2v) is 9.93. The Morgan fingerprint density at radius 3 is 2.31 bits per heavy atom. The molecule has 2 atom stereocenters. The third-order valence-electron chi connectivity index (χ3n) is 7.40. The molecule has 6 heteroatoms. The van der Waals surface area contributed by atoms with Crippen LogP contribution in [0.5, 0.6) is 0 Å². The van der Waals surface area contributed by atoms with Gasteiger partial charge in [0.05, 0.1) is 12.7 Å². The first kappa shape index (κ1) is 21.6. The lowest BCUT2D eigenvalue weighted by molar-refractivity contribution is -0.193. The maximum atomic E-state index is 13.8. The highest BCUT2D eigenvalue weighted by molar-refractivity contribution is 6.30. The lowest BCUT2D eigenvalue weighted by Crippen LogP contribution is -2.53. The minimum Gasteiger partial charge on any atom is -0.347 e. The highest BCUT2D eigenvalue weighted by atomic mass is 35.5. The molecule has 1 amide bonds. The highest BCUT2D eigenvalue weighted by Crippen LogP contribution is 2.47. The van der Waals surface area contributed by atoms with Gasteiger partial charge in [-0.3, -0.25) is 9.59 Å². The molecule has 1 N–H and O–H groups in total. The van der Waals surface area contributed by atoms with Crippen LogP contribution in [0.4, 0.5) is 0 Å². The van der Waals surface area contributed by atoms with E-state index in [4.69, 9.17) is 21.1 Å². The molecule has 0 radical (unpaired) electrons. The summed E-state index contributed by atoms with van der Waals surface area (Å²) in [6.45, 7) is 6.54. The molecule has 2 spiro atoms. The SMILES string of the molecule is Cc1ccc(-c2ccc(Cl)cc2)c(C)c1C1C(=O)NC2(CCC3(CC2)OCC(C)O3)C1=O. The molecule has 0 bridgehead atoms. The van der Waals surface area contributed by atoms with E-state index in [1.54, 1.807) is 0 Å². The Morgan fingerprint density at radius 2 is 1.69 bits per heavy atom. The van der Waals surface area contributed by atoms with Gasteiger partial charge in [-0.2, -0.15) is 0 Å².